The number of nitrogens with zero attached hydrogens (tertiary/aromatic N) is 1. The molecule has 0 spiro atoms. The van der Waals surface area contributed by atoms with Gasteiger partial charge in [-0.15, -0.1) is 0 Å². The molecule has 0 radical (unpaired) electrons. The first-order valence-corrected chi connectivity index (χ1v) is 9.32. The molecule has 0 saturated heterocycles. The number of nitrogens with one attached hydrogen (secondary N) is 1. The van der Waals surface area contributed by atoms with Crippen molar-refractivity contribution in [3.8, 4) is 11.5 Å². The smallest absolute Gasteiger partial charge is 0.345 e. The third-order valence-electron chi connectivity index (χ3n) is 4.04. The van der Waals surface area contributed by atoms with Crippen LogP contribution < -0.4 is 14.8 Å². The minimum atomic E-state index is -0.859. The molecule has 2 aromatic rings. The fourth-order valence-corrected chi connectivity index (χ4v) is 2.84. The zero-order chi connectivity index (χ0) is 22.1. The molecule has 0 aliphatic carbocycles. The molecule has 0 aromatic heterocycles. The van der Waals surface area contributed by atoms with Crippen molar-refractivity contribution in [2.24, 2.45) is 0 Å². The predicted octanol–water partition coefficient (Wildman–Crippen LogP) is 3.17. The Morgan fingerprint density at radius 1 is 1.17 bits per heavy atom. The molecule has 1 amide bonds. The van der Waals surface area contributed by atoms with E-state index >= 15 is 0 Å². The number of nitro benzene ring substituents is 1. The van der Waals surface area contributed by atoms with Crippen molar-refractivity contribution in [1.82, 2.24) is 5.32 Å². The van der Waals surface area contributed by atoms with Crippen LogP contribution in [-0.2, 0) is 16.0 Å². The molecule has 0 fully saturated rings. The minimum absolute atomic E-state index is 0.111. The second kappa shape index (κ2) is 11.0. The van der Waals surface area contributed by atoms with Crippen LogP contribution in [0.2, 0.25) is 5.02 Å². The van der Waals surface area contributed by atoms with Gasteiger partial charge in [0.25, 0.3) is 5.69 Å². The van der Waals surface area contributed by atoms with E-state index in [1.165, 1.54) is 13.2 Å². The third kappa shape index (κ3) is 6.35. The lowest BCUT2D eigenvalue weighted by Crippen LogP contribution is -2.27. The lowest BCUT2D eigenvalue weighted by molar-refractivity contribution is -0.385. The van der Waals surface area contributed by atoms with E-state index in [1.807, 2.05) is 6.07 Å². The van der Waals surface area contributed by atoms with E-state index < -0.39 is 16.6 Å². The number of nitro groups is 1. The summed E-state index contributed by atoms with van der Waals surface area (Å²) in [5.41, 5.74) is 0.120. The second-order valence-corrected chi connectivity index (χ2v) is 6.56. The van der Waals surface area contributed by atoms with Crippen LogP contribution in [0, 0.1) is 10.1 Å². The van der Waals surface area contributed by atoms with Crippen molar-refractivity contribution in [1.29, 1.82) is 0 Å². The Kier molecular flexibility index (Phi) is 8.42. The van der Waals surface area contributed by atoms with Crippen LogP contribution in [-0.4, -0.2) is 44.2 Å². The molecular formula is C20H21ClN2O7. The van der Waals surface area contributed by atoms with Crippen LogP contribution in [0.4, 0.5) is 5.69 Å². The van der Waals surface area contributed by atoms with E-state index in [-0.39, 0.29) is 36.0 Å². The number of amides is 1. The zero-order valence-electron chi connectivity index (χ0n) is 16.5. The summed E-state index contributed by atoms with van der Waals surface area (Å²) in [5, 5.41) is 14.5. The fourth-order valence-electron chi connectivity index (χ4n) is 2.62. The molecule has 0 saturated carbocycles. The van der Waals surface area contributed by atoms with Crippen LogP contribution in [0.1, 0.15) is 22.3 Å². The maximum atomic E-state index is 12.0. The van der Waals surface area contributed by atoms with Crippen LogP contribution in [0.15, 0.2) is 36.4 Å². The first kappa shape index (κ1) is 23.0. The van der Waals surface area contributed by atoms with E-state index in [9.17, 15) is 19.7 Å². The van der Waals surface area contributed by atoms with Gasteiger partial charge in [0.05, 0.1) is 38.2 Å². The fraction of sp³-hybridized carbons (Fsp3) is 0.300. The molecule has 0 heterocycles. The molecule has 160 valence electrons. The standard InChI is InChI=1S/C20H21ClN2O7/c1-28-17-12-16(23(26)27)15(20(25)29-2)11-18(17)30-8-4-7-22-19(24)10-13-5-3-6-14(21)9-13/h3,5-6,9,11-12H,4,7-8,10H2,1-2H3,(H,22,24). The van der Waals surface area contributed by atoms with Crippen LogP contribution in [0.3, 0.4) is 0 Å². The number of rotatable bonds is 10. The molecule has 0 bridgehead atoms. The highest BCUT2D eigenvalue weighted by Gasteiger charge is 2.25. The van der Waals surface area contributed by atoms with Gasteiger partial charge in [-0.05, 0) is 24.1 Å². The minimum Gasteiger partial charge on any atom is -0.493 e. The Balaban J connectivity index is 1.91. The Morgan fingerprint density at radius 2 is 1.93 bits per heavy atom. The average molecular weight is 437 g/mol. The number of benzene rings is 2. The summed E-state index contributed by atoms with van der Waals surface area (Å²) in [6, 6.07) is 9.37. The second-order valence-electron chi connectivity index (χ2n) is 6.13. The van der Waals surface area contributed by atoms with Gasteiger partial charge in [-0.1, -0.05) is 23.7 Å². The Morgan fingerprint density at radius 3 is 2.57 bits per heavy atom. The first-order valence-electron chi connectivity index (χ1n) is 8.94. The van der Waals surface area contributed by atoms with Crippen molar-refractivity contribution in [3.05, 3.63) is 62.7 Å². The third-order valence-corrected chi connectivity index (χ3v) is 4.27. The Hall–Kier alpha value is -3.33. The Labute approximate surface area is 178 Å². The van der Waals surface area contributed by atoms with Gasteiger partial charge < -0.3 is 19.5 Å². The molecular weight excluding hydrogens is 416 g/mol. The largest absolute Gasteiger partial charge is 0.493 e. The van der Waals surface area contributed by atoms with Gasteiger partial charge in [-0.2, -0.15) is 0 Å². The lowest BCUT2D eigenvalue weighted by atomic mass is 10.1. The van der Waals surface area contributed by atoms with Gasteiger partial charge in [0.15, 0.2) is 11.5 Å². The maximum Gasteiger partial charge on any atom is 0.345 e. The topological polar surface area (TPSA) is 117 Å². The summed E-state index contributed by atoms with van der Waals surface area (Å²) in [4.78, 5) is 34.3. The van der Waals surface area contributed by atoms with Crippen LogP contribution in [0.25, 0.3) is 0 Å². The normalized spacial score (nSPS) is 10.2. The molecule has 2 rings (SSSR count). The quantitative estimate of drug-likeness (QED) is 0.263. The van der Waals surface area contributed by atoms with E-state index in [2.05, 4.69) is 10.1 Å². The number of carbonyl (C=O) groups is 2. The number of methoxy groups -OCH3 is 2. The number of carbonyl (C=O) groups excluding carboxylic acids is 2. The highest BCUT2D eigenvalue weighted by Crippen LogP contribution is 2.35. The summed E-state index contributed by atoms with van der Waals surface area (Å²) in [7, 11) is 2.46. The van der Waals surface area contributed by atoms with Gasteiger partial charge in [0.2, 0.25) is 5.91 Å². The van der Waals surface area contributed by atoms with Gasteiger partial charge in [-0.3, -0.25) is 14.9 Å². The molecule has 9 nitrogen and oxygen atoms in total. The molecule has 30 heavy (non-hydrogen) atoms. The van der Waals surface area contributed by atoms with Gasteiger partial charge in [-0.25, -0.2) is 4.79 Å². The summed E-state index contributed by atoms with van der Waals surface area (Å²) >= 11 is 5.90. The van der Waals surface area contributed by atoms with Gasteiger partial charge in [0.1, 0.15) is 5.56 Å². The first-order chi connectivity index (χ1) is 14.3. The molecule has 0 aliphatic heterocycles. The number of esters is 1. The highest BCUT2D eigenvalue weighted by atomic mass is 35.5. The van der Waals surface area contributed by atoms with Crippen molar-refractivity contribution < 1.29 is 28.7 Å². The summed E-state index contributed by atoms with van der Waals surface area (Å²) in [6.07, 6.45) is 0.676. The predicted molar refractivity (Wildman–Crippen MR) is 109 cm³/mol. The molecule has 0 unspecified atom stereocenters. The van der Waals surface area contributed by atoms with Crippen molar-refractivity contribution in [3.63, 3.8) is 0 Å². The number of halogens is 1. The van der Waals surface area contributed by atoms with Gasteiger partial charge in [0, 0.05) is 17.6 Å². The average Bonchev–Trinajstić information content (AvgIpc) is 2.72. The number of hydrogen-bond donors (Lipinski definition) is 1. The molecule has 0 atom stereocenters. The SMILES string of the molecule is COC(=O)c1cc(OCCCNC(=O)Cc2cccc(Cl)c2)c(OC)cc1[N+](=O)[O-]. The van der Waals surface area contributed by atoms with Gasteiger partial charge >= 0.3 is 5.97 Å². The summed E-state index contributed by atoms with van der Waals surface area (Å²) < 4.78 is 15.3. The maximum absolute atomic E-state index is 12.0. The highest BCUT2D eigenvalue weighted by molar-refractivity contribution is 6.30. The summed E-state index contributed by atoms with van der Waals surface area (Å²) in [5.74, 6) is -0.742. The van der Waals surface area contributed by atoms with Crippen molar-refractivity contribution >= 4 is 29.2 Å². The molecule has 10 heteroatoms. The zero-order valence-corrected chi connectivity index (χ0v) is 17.2. The van der Waals surface area contributed by atoms with E-state index in [4.69, 9.17) is 21.1 Å². The monoisotopic (exact) mass is 436 g/mol. The molecule has 0 aliphatic rings. The van der Waals surface area contributed by atoms with E-state index in [1.54, 1.807) is 18.2 Å². The van der Waals surface area contributed by atoms with Crippen molar-refractivity contribution in [2.75, 3.05) is 27.4 Å². The Bertz CT molecular complexity index is 933. The van der Waals surface area contributed by atoms with Crippen LogP contribution >= 0.6 is 11.6 Å². The number of ether oxygens (including phenoxy) is 3. The van der Waals surface area contributed by atoms with E-state index in [0.29, 0.717) is 18.0 Å². The van der Waals surface area contributed by atoms with Crippen LogP contribution in [0.5, 0.6) is 11.5 Å². The lowest BCUT2D eigenvalue weighted by Gasteiger charge is -2.12. The summed E-state index contributed by atoms with van der Waals surface area (Å²) in [6.45, 7) is 0.546. The van der Waals surface area contributed by atoms with Crippen molar-refractivity contribution in [2.45, 2.75) is 12.8 Å². The van der Waals surface area contributed by atoms with E-state index in [0.717, 1.165) is 18.7 Å². The molecule has 1 N–H and O–H groups in total. The number of hydrogen-bond acceptors (Lipinski definition) is 7. The molecule has 2 aromatic carbocycles.